The molecule has 0 bridgehead atoms. The lowest BCUT2D eigenvalue weighted by Crippen LogP contribution is -2.37. The number of carbonyl (C=O) groups is 3. The number of hydrogen-bond donors (Lipinski definition) is 1. The molecule has 0 aromatic heterocycles. The standard InChI is InChI=1S/C22H22N2O4S/c1-3-28-18-10-8-17(9-11-18)20(25)23-12-13-24-21(26)19(29-22(24)27)14-16-6-4-15(2)5-7-16/h4-11,14H,3,12-13H2,1-2H3,(H,23,25)/b19-14-. The molecule has 0 atom stereocenters. The predicted molar refractivity (Wildman–Crippen MR) is 114 cm³/mol. The zero-order valence-electron chi connectivity index (χ0n) is 16.3. The molecule has 0 saturated carbocycles. The first kappa shape index (κ1) is 20.7. The summed E-state index contributed by atoms with van der Waals surface area (Å²) in [6.45, 7) is 4.74. The molecule has 3 rings (SSSR count). The Morgan fingerprint density at radius 1 is 1.10 bits per heavy atom. The first-order chi connectivity index (χ1) is 14.0. The minimum atomic E-state index is -0.337. The minimum absolute atomic E-state index is 0.124. The monoisotopic (exact) mass is 410 g/mol. The number of benzene rings is 2. The maximum atomic E-state index is 12.5. The second-order valence-electron chi connectivity index (χ2n) is 6.46. The summed E-state index contributed by atoms with van der Waals surface area (Å²) in [7, 11) is 0. The molecule has 150 valence electrons. The van der Waals surface area contributed by atoms with Gasteiger partial charge in [0.05, 0.1) is 11.5 Å². The average molecular weight is 410 g/mol. The lowest BCUT2D eigenvalue weighted by Gasteiger charge is -2.13. The number of imide groups is 1. The smallest absolute Gasteiger partial charge is 0.293 e. The Labute approximate surface area is 173 Å². The molecule has 1 N–H and O–H groups in total. The van der Waals surface area contributed by atoms with Crippen molar-refractivity contribution in [1.82, 2.24) is 10.2 Å². The van der Waals surface area contributed by atoms with Crippen LogP contribution in [0.4, 0.5) is 4.79 Å². The fourth-order valence-electron chi connectivity index (χ4n) is 2.76. The molecule has 29 heavy (non-hydrogen) atoms. The zero-order chi connectivity index (χ0) is 20.8. The Morgan fingerprint density at radius 2 is 1.79 bits per heavy atom. The Hall–Kier alpha value is -3.06. The molecular formula is C22H22N2O4S. The van der Waals surface area contributed by atoms with Crippen LogP contribution in [0, 0.1) is 6.92 Å². The normalized spacial score (nSPS) is 15.1. The van der Waals surface area contributed by atoms with E-state index in [-0.39, 0.29) is 30.1 Å². The summed E-state index contributed by atoms with van der Waals surface area (Å²) < 4.78 is 5.35. The van der Waals surface area contributed by atoms with Gasteiger partial charge >= 0.3 is 0 Å². The third-order valence-electron chi connectivity index (χ3n) is 4.30. The number of hydrogen-bond acceptors (Lipinski definition) is 5. The lowest BCUT2D eigenvalue weighted by atomic mass is 10.1. The van der Waals surface area contributed by atoms with Gasteiger partial charge in [0.2, 0.25) is 0 Å². The molecule has 1 saturated heterocycles. The van der Waals surface area contributed by atoms with E-state index in [4.69, 9.17) is 4.74 Å². The largest absolute Gasteiger partial charge is 0.494 e. The maximum absolute atomic E-state index is 12.5. The van der Waals surface area contributed by atoms with Crippen LogP contribution in [0.2, 0.25) is 0 Å². The molecule has 0 radical (unpaired) electrons. The summed E-state index contributed by atoms with van der Waals surface area (Å²) in [5.41, 5.74) is 2.48. The molecule has 1 fully saturated rings. The van der Waals surface area contributed by atoms with Crippen molar-refractivity contribution in [3.8, 4) is 5.75 Å². The minimum Gasteiger partial charge on any atom is -0.494 e. The molecule has 1 aliphatic heterocycles. The van der Waals surface area contributed by atoms with Gasteiger partial charge < -0.3 is 10.1 Å². The summed E-state index contributed by atoms with van der Waals surface area (Å²) in [6, 6.07) is 14.5. The van der Waals surface area contributed by atoms with Crippen LogP contribution in [0.25, 0.3) is 6.08 Å². The molecule has 7 heteroatoms. The molecule has 0 spiro atoms. The number of nitrogens with one attached hydrogen (secondary N) is 1. The van der Waals surface area contributed by atoms with E-state index in [1.165, 1.54) is 0 Å². The summed E-state index contributed by atoms with van der Waals surface area (Å²) in [5.74, 6) is 0.0911. The molecule has 3 amide bonds. The van der Waals surface area contributed by atoms with Crippen molar-refractivity contribution in [2.24, 2.45) is 0 Å². The third kappa shape index (κ3) is 5.26. The maximum Gasteiger partial charge on any atom is 0.293 e. The first-order valence-electron chi connectivity index (χ1n) is 9.31. The van der Waals surface area contributed by atoms with Crippen molar-refractivity contribution < 1.29 is 19.1 Å². The van der Waals surface area contributed by atoms with Crippen LogP contribution in [-0.2, 0) is 4.79 Å². The van der Waals surface area contributed by atoms with Crippen LogP contribution in [-0.4, -0.2) is 41.6 Å². The van der Waals surface area contributed by atoms with E-state index in [0.717, 1.165) is 27.8 Å². The van der Waals surface area contributed by atoms with E-state index < -0.39 is 0 Å². The fourth-order valence-corrected chi connectivity index (χ4v) is 3.62. The van der Waals surface area contributed by atoms with Crippen LogP contribution in [0.5, 0.6) is 5.75 Å². The molecule has 0 aliphatic carbocycles. The van der Waals surface area contributed by atoms with Gasteiger partial charge in [-0.2, -0.15) is 0 Å². The summed E-state index contributed by atoms with van der Waals surface area (Å²) in [5, 5.41) is 2.40. The van der Waals surface area contributed by atoms with Crippen LogP contribution < -0.4 is 10.1 Å². The quantitative estimate of drug-likeness (QED) is 0.702. The molecule has 0 unspecified atom stereocenters. The number of amides is 3. The van der Waals surface area contributed by atoms with E-state index in [0.29, 0.717) is 22.8 Å². The summed E-state index contributed by atoms with van der Waals surface area (Å²) >= 11 is 0.914. The topological polar surface area (TPSA) is 75.7 Å². The Bertz CT molecular complexity index is 936. The molecule has 2 aromatic carbocycles. The molecule has 2 aromatic rings. The molecule has 6 nitrogen and oxygen atoms in total. The van der Waals surface area contributed by atoms with Crippen molar-refractivity contribution in [1.29, 1.82) is 0 Å². The molecular weight excluding hydrogens is 388 g/mol. The van der Waals surface area contributed by atoms with E-state index >= 15 is 0 Å². The van der Waals surface area contributed by atoms with Gasteiger partial charge in [0.1, 0.15) is 5.75 Å². The fraction of sp³-hybridized carbons (Fsp3) is 0.227. The SMILES string of the molecule is CCOc1ccc(C(=O)NCCN2C(=O)S/C(=C\c3ccc(C)cc3)C2=O)cc1. The highest BCUT2D eigenvalue weighted by molar-refractivity contribution is 8.18. The van der Waals surface area contributed by atoms with Gasteiger partial charge in [-0.1, -0.05) is 29.8 Å². The molecule has 1 heterocycles. The van der Waals surface area contributed by atoms with Crippen molar-refractivity contribution in [2.75, 3.05) is 19.7 Å². The highest BCUT2D eigenvalue weighted by Gasteiger charge is 2.34. The highest BCUT2D eigenvalue weighted by Crippen LogP contribution is 2.31. The number of rotatable bonds is 7. The van der Waals surface area contributed by atoms with Gasteiger partial charge in [0.15, 0.2) is 0 Å². The summed E-state index contributed by atoms with van der Waals surface area (Å²) in [6.07, 6.45) is 1.71. The Kier molecular flexibility index (Phi) is 6.72. The third-order valence-corrected chi connectivity index (χ3v) is 5.20. The van der Waals surface area contributed by atoms with Gasteiger partial charge in [-0.25, -0.2) is 0 Å². The van der Waals surface area contributed by atoms with Crippen LogP contribution in [0.3, 0.4) is 0 Å². The number of carbonyl (C=O) groups excluding carboxylic acids is 3. The first-order valence-corrected chi connectivity index (χ1v) is 10.1. The van der Waals surface area contributed by atoms with Gasteiger partial charge in [-0.05, 0) is 61.5 Å². The average Bonchev–Trinajstić information content (AvgIpc) is 2.98. The lowest BCUT2D eigenvalue weighted by molar-refractivity contribution is -0.122. The van der Waals surface area contributed by atoms with E-state index in [2.05, 4.69) is 5.32 Å². The highest BCUT2D eigenvalue weighted by atomic mass is 32.2. The van der Waals surface area contributed by atoms with Crippen LogP contribution in [0.1, 0.15) is 28.4 Å². The Balaban J connectivity index is 1.55. The van der Waals surface area contributed by atoms with E-state index in [9.17, 15) is 14.4 Å². The number of aryl methyl sites for hydroxylation is 1. The Morgan fingerprint density at radius 3 is 2.45 bits per heavy atom. The van der Waals surface area contributed by atoms with Gasteiger partial charge in [-0.3, -0.25) is 19.3 Å². The van der Waals surface area contributed by atoms with Gasteiger partial charge in [0, 0.05) is 18.7 Å². The van der Waals surface area contributed by atoms with Crippen LogP contribution >= 0.6 is 11.8 Å². The van der Waals surface area contributed by atoms with Crippen molar-refractivity contribution >= 4 is 34.9 Å². The summed E-state index contributed by atoms with van der Waals surface area (Å²) in [4.78, 5) is 38.5. The molecule has 1 aliphatic rings. The second kappa shape index (κ2) is 9.43. The predicted octanol–water partition coefficient (Wildman–Crippen LogP) is 3.86. The van der Waals surface area contributed by atoms with E-state index in [1.54, 1.807) is 30.3 Å². The number of nitrogens with zero attached hydrogens (tertiary/aromatic N) is 1. The van der Waals surface area contributed by atoms with Gasteiger partial charge in [-0.15, -0.1) is 0 Å². The van der Waals surface area contributed by atoms with Crippen molar-refractivity contribution in [3.05, 3.63) is 70.1 Å². The van der Waals surface area contributed by atoms with Crippen molar-refractivity contribution in [2.45, 2.75) is 13.8 Å². The van der Waals surface area contributed by atoms with Crippen molar-refractivity contribution in [3.63, 3.8) is 0 Å². The number of ether oxygens (including phenoxy) is 1. The van der Waals surface area contributed by atoms with Gasteiger partial charge in [0.25, 0.3) is 17.1 Å². The second-order valence-corrected chi connectivity index (χ2v) is 7.45. The van der Waals surface area contributed by atoms with Crippen LogP contribution in [0.15, 0.2) is 53.4 Å². The van der Waals surface area contributed by atoms with E-state index in [1.807, 2.05) is 38.1 Å². The zero-order valence-corrected chi connectivity index (χ0v) is 17.1. The number of thioether (sulfide) groups is 1.